The quantitative estimate of drug-likeness (QED) is 0.409. The smallest absolute Gasteiger partial charge is 0.355 e. The van der Waals surface area contributed by atoms with Crippen LogP contribution in [0.25, 0.3) is 10.6 Å². The molecule has 0 bridgehead atoms. The summed E-state index contributed by atoms with van der Waals surface area (Å²) in [4.78, 5) is 28.2. The third-order valence-electron chi connectivity index (χ3n) is 3.18. The van der Waals surface area contributed by atoms with Gasteiger partial charge in [-0.1, -0.05) is 42.5 Å². The summed E-state index contributed by atoms with van der Waals surface area (Å²) in [7, 11) is 0. The Morgan fingerprint density at radius 3 is 2.57 bits per heavy atom. The predicted molar refractivity (Wildman–Crippen MR) is 89.0 cm³/mol. The number of carbonyl (C=O) groups is 2. The summed E-state index contributed by atoms with van der Waals surface area (Å²) in [5.74, 6) is -0.213. The Kier molecular flexibility index (Phi) is 4.30. The number of hydrogen-bond acceptors (Lipinski definition) is 5. The lowest BCUT2D eigenvalue weighted by Crippen LogP contribution is -2.06. The van der Waals surface area contributed by atoms with E-state index in [9.17, 15) is 9.59 Å². The topological polar surface area (TPSA) is 56.3 Å². The van der Waals surface area contributed by atoms with E-state index in [4.69, 9.17) is 4.74 Å². The average Bonchev–Trinajstić information content (AvgIpc) is 3.06. The molecule has 0 amide bonds. The van der Waals surface area contributed by atoms with Gasteiger partial charge in [0.1, 0.15) is 15.6 Å². The van der Waals surface area contributed by atoms with Crippen LogP contribution in [0.2, 0.25) is 0 Å². The number of nitrogens with zero attached hydrogens (tertiary/aromatic N) is 1. The lowest BCUT2D eigenvalue weighted by Gasteiger charge is -2.03. The van der Waals surface area contributed by atoms with Gasteiger partial charge < -0.3 is 4.74 Å². The number of carbonyl (C=O) groups excluding carboxylic acids is 2. The zero-order chi connectivity index (χ0) is 16.2. The fourth-order valence-corrected chi connectivity index (χ4v) is 2.82. The minimum atomic E-state index is -0.481. The molecule has 0 aliphatic heterocycles. The van der Waals surface area contributed by atoms with Crippen molar-refractivity contribution in [3.63, 3.8) is 0 Å². The molecule has 23 heavy (non-hydrogen) atoms. The van der Waals surface area contributed by atoms with Crippen molar-refractivity contribution in [3.05, 3.63) is 71.2 Å². The first-order valence-corrected chi connectivity index (χ1v) is 7.79. The van der Waals surface area contributed by atoms with Crippen molar-refractivity contribution in [3.8, 4) is 16.3 Å². The van der Waals surface area contributed by atoms with Crippen LogP contribution in [-0.2, 0) is 0 Å². The fourth-order valence-electron chi connectivity index (χ4n) is 2.02. The van der Waals surface area contributed by atoms with Crippen LogP contribution in [0.15, 0.2) is 60.8 Å². The van der Waals surface area contributed by atoms with Crippen molar-refractivity contribution in [2.45, 2.75) is 6.92 Å². The molecule has 3 aromatic rings. The van der Waals surface area contributed by atoms with E-state index >= 15 is 0 Å². The van der Waals surface area contributed by atoms with Gasteiger partial charge in [0, 0.05) is 11.1 Å². The van der Waals surface area contributed by atoms with Crippen molar-refractivity contribution >= 4 is 23.1 Å². The predicted octanol–water partition coefficient (Wildman–Crippen LogP) is 4.23. The maximum atomic E-state index is 12.2. The van der Waals surface area contributed by atoms with Gasteiger partial charge in [0.2, 0.25) is 0 Å². The minimum absolute atomic E-state index is 0.0768. The highest BCUT2D eigenvalue weighted by Crippen LogP contribution is 2.26. The number of thiazole rings is 1. The third-order valence-corrected chi connectivity index (χ3v) is 4.21. The summed E-state index contributed by atoms with van der Waals surface area (Å²) in [6.45, 7) is 1.47. The number of rotatable bonds is 4. The van der Waals surface area contributed by atoms with E-state index in [-0.39, 0.29) is 5.78 Å². The summed E-state index contributed by atoms with van der Waals surface area (Å²) in [5, 5.41) is 0.759. The zero-order valence-corrected chi connectivity index (χ0v) is 13.2. The summed E-state index contributed by atoms with van der Waals surface area (Å²) >= 11 is 1.27. The molecule has 4 nitrogen and oxygen atoms in total. The van der Waals surface area contributed by atoms with Crippen molar-refractivity contribution in [2.24, 2.45) is 0 Å². The lowest BCUT2D eigenvalue weighted by molar-refractivity contribution is 0.0738. The summed E-state index contributed by atoms with van der Waals surface area (Å²) in [5.41, 5.74) is 1.46. The molecule has 0 atom stereocenters. The van der Waals surface area contributed by atoms with Gasteiger partial charge in [-0.15, -0.1) is 11.3 Å². The van der Waals surface area contributed by atoms with Gasteiger partial charge in [0.15, 0.2) is 5.78 Å². The second-order valence-corrected chi connectivity index (χ2v) is 5.90. The highest BCUT2D eigenvalue weighted by atomic mass is 32.1. The summed E-state index contributed by atoms with van der Waals surface area (Å²) < 4.78 is 5.32. The zero-order valence-electron chi connectivity index (χ0n) is 12.4. The Morgan fingerprint density at radius 2 is 1.83 bits per heavy atom. The first-order valence-electron chi connectivity index (χ1n) is 6.98. The van der Waals surface area contributed by atoms with Gasteiger partial charge in [-0.25, -0.2) is 9.78 Å². The SMILES string of the molecule is CC(=O)c1cccc(OC(=O)c2cnc(-c3ccccc3)s2)c1. The summed E-state index contributed by atoms with van der Waals surface area (Å²) in [6.07, 6.45) is 1.50. The molecular weight excluding hydrogens is 310 g/mol. The van der Waals surface area contributed by atoms with Crippen molar-refractivity contribution in [1.29, 1.82) is 0 Å². The number of Topliss-reactive ketones (excluding diaryl/α,β-unsaturated/α-hetero) is 1. The van der Waals surface area contributed by atoms with E-state index in [1.54, 1.807) is 24.3 Å². The van der Waals surface area contributed by atoms with E-state index in [0.29, 0.717) is 16.2 Å². The first kappa shape index (κ1) is 15.1. The number of esters is 1. The molecule has 0 saturated carbocycles. The Hall–Kier alpha value is -2.79. The standard InChI is InChI=1S/C18H13NO3S/c1-12(20)14-8-5-9-15(10-14)22-18(21)16-11-19-17(23-16)13-6-3-2-4-7-13/h2-11H,1H3. The van der Waals surface area contributed by atoms with Crippen LogP contribution in [0.5, 0.6) is 5.75 Å². The molecule has 0 aliphatic carbocycles. The Bertz CT molecular complexity index is 855. The van der Waals surface area contributed by atoms with Crippen LogP contribution < -0.4 is 4.74 Å². The van der Waals surface area contributed by atoms with E-state index < -0.39 is 5.97 Å². The molecule has 1 heterocycles. The van der Waals surface area contributed by atoms with Crippen LogP contribution in [0.1, 0.15) is 27.0 Å². The molecular formula is C18H13NO3S. The molecule has 3 rings (SSSR count). The van der Waals surface area contributed by atoms with Crippen LogP contribution in [0.4, 0.5) is 0 Å². The minimum Gasteiger partial charge on any atom is -0.422 e. The first-order chi connectivity index (χ1) is 11.1. The Balaban J connectivity index is 1.78. The highest BCUT2D eigenvalue weighted by molar-refractivity contribution is 7.16. The molecule has 1 aromatic heterocycles. The van der Waals surface area contributed by atoms with E-state index in [0.717, 1.165) is 10.6 Å². The van der Waals surface area contributed by atoms with Crippen LogP contribution in [0.3, 0.4) is 0 Å². The second-order valence-electron chi connectivity index (χ2n) is 4.87. The van der Waals surface area contributed by atoms with E-state index in [2.05, 4.69) is 4.98 Å². The molecule has 0 spiro atoms. The molecule has 0 N–H and O–H groups in total. The number of ether oxygens (including phenoxy) is 1. The molecule has 2 aromatic carbocycles. The van der Waals surface area contributed by atoms with Crippen LogP contribution in [-0.4, -0.2) is 16.7 Å². The molecule has 0 fully saturated rings. The fraction of sp³-hybridized carbons (Fsp3) is 0.0556. The van der Waals surface area contributed by atoms with E-state index in [1.165, 1.54) is 24.5 Å². The van der Waals surface area contributed by atoms with Crippen LogP contribution in [0, 0.1) is 0 Å². The Morgan fingerprint density at radius 1 is 1.04 bits per heavy atom. The molecule has 0 unspecified atom stereocenters. The number of ketones is 1. The molecule has 114 valence electrons. The van der Waals surface area contributed by atoms with Gasteiger partial charge in [0.25, 0.3) is 0 Å². The molecule has 0 saturated heterocycles. The van der Waals surface area contributed by atoms with Crippen LogP contribution >= 0.6 is 11.3 Å². The Labute approximate surface area is 137 Å². The third kappa shape index (κ3) is 3.52. The van der Waals surface area contributed by atoms with Gasteiger partial charge in [-0.05, 0) is 19.1 Å². The lowest BCUT2D eigenvalue weighted by atomic mass is 10.1. The second kappa shape index (κ2) is 6.54. The number of aromatic nitrogens is 1. The average molecular weight is 323 g/mol. The van der Waals surface area contributed by atoms with Crippen molar-refractivity contribution in [2.75, 3.05) is 0 Å². The normalized spacial score (nSPS) is 10.3. The summed E-state index contributed by atoms with van der Waals surface area (Å²) in [6, 6.07) is 16.2. The van der Waals surface area contributed by atoms with E-state index in [1.807, 2.05) is 30.3 Å². The molecule has 0 aliphatic rings. The number of benzene rings is 2. The maximum Gasteiger partial charge on any atom is 0.355 e. The largest absolute Gasteiger partial charge is 0.422 e. The van der Waals surface area contributed by atoms with Crippen molar-refractivity contribution in [1.82, 2.24) is 4.98 Å². The monoisotopic (exact) mass is 323 g/mol. The van der Waals surface area contributed by atoms with Crippen molar-refractivity contribution < 1.29 is 14.3 Å². The maximum absolute atomic E-state index is 12.2. The highest BCUT2D eigenvalue weighted by Gasteiger charge is 2.14. The van der Waals surface area contributed by atoms with Gasteiger partial charge in [-0.3, -0.25) is 4.79 Å². The number of hydrogen-bond donors (Lipinski definition) is 0. The van der Waals surface area contributed by atoms with Gasteiger partial charge in [-0.2, -0.15) is 0 Å². The molecule has 5 heteroatoms. The molecule has 0 radical (unpaired) electrons. The van der Waals surface area contributed by atoms with Gasteiger partial charge in [0.05, 0.1) is 6.20 Å². The van der Waals surface area contributed by atoms with Gasteiger partial charge >= 0.3 is 5.97 Å².